The normalized spacial score (nSPS) is 17.4. The molecule has 0 bridgehead atoms. The van der Waals surface area contributed by atoms with Crippen LogP contribution in [0.4, 0.5) is 0 Å². The standard InChI is InChI=1S/C25H18N4O.ClH/c30-25-24-17(5-3-6-19(24)18-13-26-15-27-14-18)10-11-29(25)23-12-20(23)22-9-8-16-4-1-2-7-21(16)28-22;/h1-11,13-15,20,23H,12H2;1H. The number of fused-ring (bicyclic) bond motifs is 2. The second kappa shape index (κ2) is 7.60. The summed E-state index contributed by atoms with van der Waals surface area (Å²) in [5, 5.41) is 2.78. The molecule has 2 aromatic carbocycles. The molecule has 0 saturated heterocycles. The van der Waals surface area contributed by atoms with E-state index in [1.807, 2.05) is 53.2 Å². The van der Waals surface area contributed by atoms with Crippen LogP contribution in [0.25, 0.3) is 32.8 Å². The van der Waals surface area contributed by atoms with Gasteiger partial charge in [0, 0.05) is 47.2 Å². The molecular weight excluding hydrogens is 408 g/mol. The predicted molar refractivity (Wildman–Crippen MR) is 125 cm³/mol. The van der Waals surface area contributed by atoms with Crippen LogP contribution in [0.2, 0.25) is 0 Å². The zero-order valence-corrected chi connectivity index (χ0v) is 17.4. The van der Waals surface area contributed by atoms with E-state index in [1.54, 1.807) is 12.4 Å². The Balaban J connectivity index is 0.00000204. The highest BCUT2D eigenvalue weighted by Gasteiger charge is 2.41. The van der Waals surface area contributed by atoms with E-state index in [0.29, 0.717) is 5.39 Å². The molecule has 2 unspecified atom stereocenters. The smallest absolute Gasteiger partial charge is 0.259 e. The lowest BCUT2D eigenvalue weighted by Crippen LogP contribution is -2.19. The molecule has 0 amide bonds. The Morgan fingerprint density at radius 1 is 0.871 bits per heavy atom. The molecule has 5 aromatic rings. The Kier molecular flexibility index (Phi) is 4.75. The first-order chi connectivity index (χ1) is 14.8. The topological polar surface area (TPSA) is 60.7 Å². The lowest BCUT2D eigenvalue weighted by atomic mass is 10.0. The van der Waals surface area contributed by atoms with E-state index in [2.05, 4.69) is 28.2 Å². The van der Waals surface area contributed by atoms with Crippen molar-refractivity contribution in [2.24, 2.45) is 0 Å². The third-order valence-corrected chi connectivity index (χ3v) is 5.95. The van der Waals surface area contributed by atoms with Crippen molar-refractivity contribution in [3.05, 3.63) is 102 Å². The average molecular weight is 427 g/mol. The van der Waals surface area contributed by atoms with Gasteiger partial charge in [0.2, 0.25) is 0 Å². The van der Waals surface area contributed by atoms with E-state index in [9.17, 15) is 4.79 Å². The van der Waals surface area contributed by atoms with Gasteiger partial charge in [-0.3, -0.25) is 9.78 Å². The molecule has 3 heterocycles. The molecule has 1 aliphatic carbocycles. The Labute approximate surface area is 184 Å². The molecule has 6 heteroatoms. The van der Waals surface area contributed by atoms with E-state index in [1.165, 1.54) is 6.33 Å². The highest BCUT2D eigenvalue weighted by Crippen LogP contribution is 2.50. The molecule has 0 aliphatic heterocycles. The van der Waals surface area contributed by atoms with Gasteiger partial charge >= 0.3 is 0 Å². The molecule has 0 radical (unpaired) electrons. The fraction of sp³-hybridized carbons (Fsp3) is 0.120. The van der Waals surface area contributed by atoms with Crippen LogP contribution in [-0.2, 0) is 0 Å². The molecule has 0 N–H and O–H groups in total. The SMILES string of the molecule is Cl.O=c1c2c(-c3cncnc3)cccc2ccn1C1CC1c1ccc2ccccc2n1. The number of nitrogens with zero attached hydrogens (tertiary/aromatic N) is 4. The molecular formula is C25H19ClN4O. The molecule has 6 rings (SSSR count). The van der Waals surface area contributed by atoms with Gasteiger partial charge in [0.25, 0.3) is 5.56 Å². The van der Waals surface area contributed by atoms with E-state index < -0.39 is 0 Å². The molecule has 1 saturated carbocycles. The first kappa shape index (κ1) is 19.4. The molecule has 1 fully saturated rings. The van der Waals surface area contributed by atoms with E-state index in [4.69, 9.17) is 4.98 Å². The lowest BCUT2D eigenvalue weighted by Gasteiger charge is -2.10. The Morgan fingerprint density at radius 3 is 2.55 bits per heavy atom. The van der Waals surface area contributed by atoms with Crippen molar-refractivity contribution >= 4 is 34.1 Å². The zero-order chi connectivity index (χ0) is 20.1. The summed E-state index contributed by atoms with van der Waals surface area (Å²) in [6, 6.07) is 20.4. The summed E-state index contributed by atoms with van der Waals surface area (Å²) in [5.41, 5.74) is 3.79. The number of aromatic nitrogens is 4. The maximum Gasteiger partial charge on any atom is 0.259 e. The minimum Gasteiger partial charge on any atom is -0.311 e. The number of hydrogen-bond acceptors (Lipinski definition) is 4. The van der Waals surface area contributed by atoms with Crippen molar-refractivity contribution in [3.63, 3.8) is 0 Å². The number of benzene rings is 2. The molecule has 1 aliphatic rings. The van der Waals surface area contributed by atoms with Crippen LogP contribution < -0.4 is 5.56 Å². The van der Waals surface area contributed by atoms with Gasteiger partial charge in [-0.25, -0.2) is 9.97 Å². The number of rotatable bonds is 3. The zero-order valence-electron chi connectivity index (χ0n) is 16.6. The molecule has 152 valence electrons. The maximum absolute atomic E-state index is 13.5. The predicted octanol–water partition coefficient (Wildman–Crippen LogP) is 5.16. The largest absolute Gasteiger partial charge is 0.311 e. The van der Waals surface area contributed by atoms with Gasteiger partial charge < -0.3 is 4.57 Å². The van der Waals surface area contributed by atoms with E-state index in [-0.39, 0.29) is 29.9 Å². The number of hydrogen-bond donors (Lipinski definition) is 0. The van der Waals surface area contributed by atoms with Crippen LogP contribution in [0.3, 0.4) is 0 Å². The van der Waals surface area contributed by atoms with Crippen molar-refractivity contribution in [3.8, 4) is 11.1 Å². The fourth-order valence-corrected chi connectivity index (χ4v) is 4.34. The van der Waals surface area contributed by atoms with Gasteiger partial charge in [0.15, 0.2) is 0 Å². The van der Waals surface area contributed by atoms with Crippen molar-refractivity contribution < 1.29 is 0 Å². The van der Waals surface area contributed by atoms with E-state index >= 15 is 0 Å². The van der Waals surface area contributed by atoms with Gasteiger partial charge in [-0.1, -0.05) is 42.5 Å². The van der Waals surface area contributed by atoms with Gasteiger partial charge in [-0.15, -0.1) is 12.4 Å². The summed E-state index contributed by atoms with van der Waals surface area (Å²) in [5.74, 6) is 0.261. The Bertz CT molecular complexity index is 1470. The fourth-order valence-electron chi connectivity index (χ4n) is 4.34. The van der Waals surface area contributed by atoms with Crippen molar-refractivity contribution in [1.29, 1.82) is 0 Å². The summed E-state index contributed by atoms with van der Waals surface area (Å²) in [7, 11) is 0. The summed E-state index contributed by atoms with van der Waals surface area (Å²) in [4.78, 5) is 26.6. The van der Waals surface area contributed by atoms with Crippen molar-refractivity contribution in [1.82, 2.24) is 19.5 Å². The summed E-state index contributed by atoms with van der Waals surface area (Å²) < 4.78 is 1.87. The second-order valence-electron chi connectivity index (χ2n) is 7.76. The highest BCUT2D eigenvalue weighted by molar-refractivity contribution is 5.95. The van der Waals surface area contributed by atoms with Crippen LogP contribution in [-0.4, -0.2) is 19.5 Å². The van der Waals surface area contributed by atoms with Gasteiger partial charge in [-0.05, 0) is 35.6 Å². The number of para-hydroxylation sites is 1. The molecule has 31 heavy (non-hydrogen) atoms. The maximum atomic E-state index is 13.5. The summed E-state index contributed by atoms with van der Waals surface area (Å²) in [6.45, 7) is 0. The molecule has 3 aromatic heterocycles. The lowest BCUT2D eigenvalue weighted by molar-refractivity contribution is 0.688. The van der Waals surface area contributed by atoms with Crippen LogP contribution >= 0.6 is 12.4 Å². The summed E-state index contributed by atoms with van der Waals surface area (Å²) in [6.07, 6.45) is 7.84. The average Bonchev–Trinajstić information content (AvgIpc) is 3.60. The van der Waals surface area contributed by atoms with Crippen molar-refractivity contribution in [2.45, 2.75) is 18.4 Å². The molecule has 0 spiro atoms. The van der Waals surface area contributed by atoms with Gasteiger partial charge in [0.05, 0.1) is 10.9 Å². The first-order valence-electron chi connectivity index (χ1n) is 10.0. The third-order valence-electron chi connectivity index (χ3n) is 5.95. The van der Waals surface area contributed by atoms with Gasteiger partial charge in [-0.2, -0.15) is 0 Å². The van der Waals surface area contributed by atoms with E-state index in [0.717, 1.165) is 39.5 Å². The second-order valence-corrected chi connectivity index (χ2v) is 7.76. The highest BCUT2D eigenvalue weighted by atomic mass is 35.5. The van der Waals surface area contributed by atoms with Gasteiger partial charge in [0.1, 0.15) is 6.33 Å². The quantitative estimate of drug-likeness (QED) is 0.400. The Hall–Kier alpha value is -3.57. The third kappa shape index (κ3) is 3.27. The molecule has 5 nitrogen and oxygen atoms in total. The van der Waals surface area contributed by atoms with Crippen LogP contribution in [0.1, 0.15) is 24.1 Å². The first-order valence-corrected chi connectivity index (χ1v) is 10.0. The van der Waals surface area contributed by atoms with Crippen molar-refractivity contribution in [2.75, 3.05) is 0 Å². The molecule has 2 atom stereocenters. The van der Waals surface area contributed by atoms with Crippen LogP contribution in [0.5, 0.6) is 0 Å². The summed E-state index contributed by atoms with van der Waals surface area (Å²) >= 11 is 0. The number of halogens is 1. The monoisotopic (exact) mass is 426 g/mol. The Morgan fingerprint density at radius 2 is 1.68 bits per heavy atom. The number of pyridine rings is 2. The minimum absolute atomic E-state index is 0. The minimum atomic E-state index is 0. The van der Waals surface area contributed by atoms with Crippen LogP contribution in [0.15, 0.2) is 90.4 Å². The van der Waals surface area contributed by atoms with Crippen LogP contribution in [0, 0.1) is 0 Å².